The highest BCUT2D eigenvalue weighted by molar-refractivity contribution is 6.47. The first-order valence-corrected chi connectivity index (χ1v) is 9.04. The van der Waals surface area contributed by atoms with Gasteiger partial charge in [-0.25, -0.2) is 0 Å². The average molecular weight is 328 g/mol. The molecule has 3 rings (SSSR count). The topological polar surface area (TPSA) is 63.6 Å². The molecule has 1 heterocycles. The van der Waals surface area contributed by atoms with Gasteiger partial charge < -0.3 is 9.68 Å². The van der Waals surface area contributed by atoms with Crippen LogP contribution in [-0.2, 0) is 11.2 Å². The summed E-state index contributed by atoms with van der Waals surface area (Å²) in [5.74, 6) is 0.917. The predicted molar refractivity (Wildman–Crippen MR) is 93.3 cm³/mol. The molecule has 1 atom stereocenters. The summed E-state index contributed by atoms with van der Waals surface area (Å²) in [5.41, 5.74) is 1.40. The number of rotatable bonds is 5. The van der Waals surface area contributed by atoms with E-state index in [9.17, 15) is 14.6 Å². The second kappa shape index (κ2) is 7.52. The number of para-hydroxylation sites is 1. The Morgan fingerprint density at radius 2 is 1.96 bits per heavy atom. The summed E-state index contributed by atoms with van der Waals surface area (Å²) < 4.78 is 5.61. The highest BCUT2D eigenvalue weighted by Gasteiger charge is 2.37. The Bertz CT molecular complexity index is 622. The van der Waals surface area contributed by atoms with Gasteiger partial charge >= 0.3 is 7.12 Å². The van der Waals surface area contributed by atoms with Crippen molar-refractivity contribution >= 4 is 18.7 Å². The van der Waals surface area contributed by atoms with Crippen molar-refractivity contribution in [3.05, 3.63) is 29.3 Å². The van der Waals surface area contributed by atoms with Gasteiger partial charge in [0.15, 0.2) is 5.78 Å². The summed E-state index contributed by atoms with van der Waals surface area (Å²) in [4.78, 5) is 24.1. The van der Waals surface area contributed by atoms with Crippen molar-refractivity contribution < 1.29 is 19.3 Å². The van der Waals surface area contributed by atoms with Crippen LogP contribution in [0.5, 0.6) is 5.75 Å². The molecule has 2 aliphatic rings. The maximum atomic E-state index is 12.4. The zero-order chi connectivity index (χ0) is 17.1. The van der Waals surface area contributed by atoms with Gasteiger partial charge in [-0.15, -0.1) is 0 Å². The van der Waals surface area contributed by atoms with Gasteiger partial charge in [-0.05, 0) is 30.9 Å². The highest BCUT2D eigenvalue weighted by atomic mass is 16.5. The predicted octanol–water partition coefficient (Wildman–Crippen LogP) is 3.60. The van der Waals surface area contributed by atoms with Crippen LogP contribution in [0.3, 0.4) is 0 Å². The Kier molecular flexibility index (Phi) is 5.39. The van der Waals surface area contributed by atoms with Crippen LogP contribution in [0.1, 0.15) is 67.8 Å². The summed E-state index contributed by atoms with van der Waals surface area (Å²) in [5, 5.41) is 10.3. The zero-order valence-electron chi connectivity index (χ0n) is 14.3. The van der Waals surface area contributed by atoms with E-state index in [2.05, 4.69) is 0 Å². The third-order valence-electron chi connectivity index (χ3n) is 5.33. The lowest BCUT2D eigenvalue weighted by Crippen LogP contribution is -2.36. The molecule has 5 heteroatoms. The van der Waals surface area contributed by atoms with Gasteiger partial charge in [0, 0.05) is 18.7 Å². The van der Waals surface area contributed by atoms with E-state index in [0.717, 1.165) is 18.4 Å². The van der Waals surface area contributed by atoms with E-state index in [0.29, 0.717) is 36.5 Å². The lowest BCUT2D eigenvalue weighted by Gasteiger charge is -2.29. The number of hydrogen-bond acceptors (Lipinski definition) is 4. The molecule has 1 fully saturated rings. The van der Waals surface area contributed by atoms with Gasteiger partial charge in [-0.3, -0.25) is 9.59 Å². The standard InChI is InChI=1S/C19H25BO4/c1-13(21)18-9-5-8-15-11-16(20(23)24-19(15)18)12-17(22)10-14-6-3-2-4-7-14/h5,8-9,14,16,23H,2-4,6-7,10-12H2,1H3/t16-/m1/s1. The van der Waals surface area contributed by atoms with E-state index in [1.807, 2.05) is 12.1 Å². The fourth-order valence-corrected chi connectivity index (χ4v) is 4.02. The van der Waals surface area contributed by atoms with E-state index < -0.39 is 7.12 Å². The summed E-state index contributed by atoms with van der Waals surface area (Å²) in [6.45, 7) is 1.49. The maximum Gasteiger partial charge on any atom is 0.526 e. The molecule has 1 saturated carbocycles. The van der Waals surface area contributed by atoms with E-state index in [1.165, 1.54) is 26.2 Å². The normalized spacial score (nSPS) is 21.1. The first-order valence-electron chi connectivity index (χ1n) is 9.04. The number of carbonyl (C=O) groups is 2. The van der Waals surface area contributed by atoms with Gasteiger partial charge in [0.1, 0.15) is 11.5 Å². The first-order chi connectivity index (χ1) is 11.5. The molecule has 0 spiro atoms. The fourth-order valence-electron chi connectivity index (χ4n) is 4.02. The number of hydrogen-bond donors (Lipinski definition) is 1. The van der Waals surface area contributed by atoms with Gasteiger partial charge in [0.25, 0.3) is 0 Å². The van der Waals surface area contributed by atoms with E-state index in [1.54, 1.807) is 6.07 Å². The van der Waals surface area contributed by atoms with Crippen LogP contribution in [0.15, 0.2) is 18.2 Å². The molecule has 1 aromatic rings. The number of benzene rings is 1. The molecule has 0 unspecified atom stereocenters. The van der Waals surface area contributed by atoms with Crippen molar-refractivity contribution in [3.63, 3.8) is 0 Å². The molecule has 1 aliphatic carbocycles. The molecule has 1 aromatic carbocycles. The quantitative estimate of drug-likeness (QED) is 0.662. The molecule has 1 N–H and O–H groups in total. The second-order valence-corrected chi connectivity index (χ2v) is 7.27. The Balaban J connectivity index is 1.64. The van der Waals surface area contributed by atoms with Crippen molar-refractivity contribution in [2.24, 2.45) is 5.92 Å². The Hall–Kier alpha value is -1.62. The van der Waals surface area contributed by atoms with Crippen molar-refractivity contribution in [3.8, 4) is 5.75 Å². The molecule has 0 radical (unpaired) electrons. The summed E-state index contributed by atoms with van der Waals surface area (Å²) in [7, 11) is -1.02. The summed E-state index contributed by atoms with van der Waals surface area (Å²) in [6, 6.07) is 5.45. The first kappa shape index (κ1) is 17.2. The molecule has 128 valence electrons. The third-order valence-corrected chi connectivity index (χ3v) is 5.33. The monoisotopic (exact) mass is 328 g/mol. The fraction of sp³-hybridized carbons (Fsp3) is 0.579. The van der Waals surface area contributed by atoms with Gasteiger partial charge in [-0.2, -0.15) is 0 Å². The molecule has 0 bridgehead atoms. The van der Waals surface area contributed by atoms with E-state index in [4.69, 9.17) is 4.65 Å². The minimum absolute atomic E-state index is 0.0779. The minimum atomic E-state index is -1.02. The van der Waals surface area contributed by atoms with Crippen LogP contribution in [-0.4, -0.2) is 23.7 Å². The van der Waals surface area contributed by atoms with E-state index >= 15 is 0 Å². The van der Waals surface area contributed by atoms with Crippen LogP contribution in [0.2, 0.25) is 5.82 Å². The van der Waals surface area contributed by atoms with Gasteiger partial charge in [0.05, 0.1) is 5.56 Å². The Morgan fingerprint density at radius 3 is 2.67 bits per heavy atom. The highest BCUT2D eigenvalue weighted by Crippen LogP contribution is 2.37. The lowest BCUT2D eigenvalue weighted by atomic mass is 9.64. The molecule has 1 aliphatic heterocycles. The molecular formula is C19H25BO4. The molecule has 24 heavy (non-hydrogen) atoms. The van der Waals surface area contributed by atoms with Crippen molar-refractivity contribution in [1.29, 1.82) is 0 Å². The second-order valence-electron chi connectivity index (χ2n) is 7.27. The average Bonchev–Trinajstić information content (AvgIpc) is 2.55. The smallest absolute Gasteiger partial charge is 0.526 e. The van der Waals surface area contributed by atoms with Gasteiger partial charge in [0.2, 0.25) is 0 Å². The SMILES string of the molecule is CC(=O)c1cccc2c1OB(O)[C@@H](CC(=O)CC1CCCCC1)C2. The van der Waals surface area contributed by atoms with Gasteiger partial charge in [-0.1, -0.05) is 44.2 Å². The van der Waals surface area contributed by atoms with Crippen molar-refractivity contribution in [2.75, 3.05) is 0 Å². The number of Topliss-reactive ketones (excluding diaryl/α,β-unsaturated/α-hetero) is 2. The van der Waals surface area contributed by atoms with Crippen LogP contribution < -0.4 is 4.65 Å². The zero-order valence-corrected chi connectivity index (χ0v) is 14.3. The van der Waals surface area contributed by atoms with Crippen molar-refractivity contribution in [2.45, 2.75) is 64.1 Å². The molecule has 0 saturated heterocycles. The van der Waals surface area contributed by atoms with Crippen LogP contribution in [0.25, 0.3) is 0 Å². The molecule has 0 amide bonds. The largest absolute Gasteiger partial charge is 0.535 e. The number of carbonyl (C=O) groups excluding carboxylic acids is 2. The Labute approximate surface area is 143 Å². The number of ketones is 2. The third kappa shape index (κ3) is 3.89. The van der Waals surface area contributed by atoms with Crippen LogP contribution >= 0.6 is 0 Å². The van der Waals surface area contributed by atoms with Crippen LogP contribution in [0, 0.1) is 5.92 Å². The van der Waals surface area contributed by atoms with Crippen LogP contribution in [0.4, 0.5) is 0 Å². The summed E-state index contributed by atoms with van der Waals surface area (Å²) >= 11 is 0. The Morgan fingerprint density at radius 1 is 1.21 bits per heavy atom. The minimum Gasteiger partial charge on any atom is -0.535 e. The van der Waals surface area contributed by atoms with Crippen molar-refractivity contribution in [1.82, 2.24) is 0 Å². The molecular weight excluding hydrogens is 303 g/mol. The summed E-state index contributed by atoms with van der Waals surface area (Å²) in [6.07, 6.45) is 7.61. The van der Waals surface area contributed by atoms with E-state index in [-0.39, 0.29) is 17.4 Å². The lowest BCUT2D eigenvalue weighted by molar-refractivity contribution is -0.120. The molecule has 0 aromatic heterocycles. The number of fused-ring (bicyclic) bond motifs is 1. The maximum absolute atomic E-state index is 12.4. The molecule has 4 nitrogen and oxygen atoms in total.